The molecule has 1 aromatic rings. The molecule has 1 N–H and O–H groups in total. The molecule has 0 spiro atoms. The lowest BCUT2D eigenvalue weighted by atomic mass is 10.2. The Bertz CT molecular complexity index is 391. The van der Waals surface area contributed by atoms with E-state index in [1.54, 1.807) is 18.3 Å². The Morgan fingerprint density at radius 3 is 2.60 bits per heavy atom. The molecule has 114 valence electrons. The zero-order valence-corrected chi connectivity index (χ0v) is 13.9. The minimum absolute atomic E-state index is 0.0472. The highest BCUT2D eigenvalue weighted by molar-refractivity contribution is 7.10. The van der Waals surface area contributed by atoms with Crippen molar-refractivity contribution in [1.82, 2.24) is 10.2 Å². The first-order chi connectivity index (χ1) is 9.41. The van der Waals surface area contributed by atoms with Gasteiger partial charge in [-0.15, -0.1) is 11.3 Å². The van der Waals surface area contributed by atoms with Gasteiger partial charge in [-0.1, -0.05) is 19.9 Å². The highest BCUT2D eigenvalue weighted by Crippen LogP contribution is 2.22. The van der Waals surface area contributed by atoms with Crippen molar-refractivity contribution in [2.75, 3.05) is 27.2 Å². The Balaban J connectivity index is 2.45. The van der Waals surface area contributed by atoms with Crippen LogP contribution in [-0.4, -0.2) is 44.2 Å². The summed E-state index contributed by atoms with van der Waals surface area (Å²) in [6.45, 7) is 7.15. The number of thiophene rings is 1. The standard InChI is InChI=1S/C15H26N2O2S/c1-11(2)10-19-12(3)15(18)16-9-13(17(4)5)14-7-6-8-20-14/h6-8,11-13H,9-10H2,1-5H3,(H,16,18)/t12-,13-/m0/s1. The Kier molecular flexibility index (Phi) is 7.19. The SMILES string of the molecule is CC(C)CO[C@@H](C)C(=O)NC[C@@H](c1cccs1)N(C)C. The third-order valence-corrected chi connectivity index (χ3v) is 3.99. The largest absolute Gasteiger partial charge is 0.368 e. The number of hydrogen-bond donors (Lipinski definition) is 1. The summed E-state index contributed by atoms with van der Waals surface area (Å²) in [5.74, 6) is 0.389. The molecule has 0 aliphatic rings. The zero-order chi connectivity index (χ0) is 15.1. The van der Waals surface area contributed by atoms with Gasteiger partial charge in [0.05, 0.1) is 6.04 Å². The van der Waals surface area contributed by atoms with Crippen LogP contribution < -0.4 is 5.32 Å². The number of amides is 1. The molecule has 2 atom stereocenters. The highest BCUT2D eigenvalue weighted by Gasteiger charge is 2.19. The number of likely N-dealkylation sites (N-methyl/N-ethyl adjacent to an activating group) is 1. The van der Waals surface area contributed by atoms with Crippen LogP contribution in [0.15, 0.2) is 17.5 Å². The molecular weight excluding hydrogens is 272 g/mol. The van der Waals surface area contributed by atoms with Crippen molar-refractivity contribution in [2.24, 2.45) is 5.92 Å². The van der Waals surface area contributed by atoms with E-state index in [-0.39, 0.29) is 11.9 Å². The predicted octanol–water partition coefficient (Wildman–Crippen LogP) is 2.53. The van der Waals surface area contributed by atoms with E-state index in [0.29, 0.717) is 19.1 Å². The Morgan fingerprint density at radius 2 is 2.10 bits per heavy atom. The molecule has 0 radical (unpaired) electrons. The number of ether oxygens (including phenoxy) is 1. The maximum absolute atomic E-state index is 12.0. The lowest BCUT2D eigenvalue weighted by molar-refractivity contribution is -0.132. The first kappa shape index (κ1) is 17.1. The van der Waals surface area contributed by atoms with E-state index >= 15 is 0 Å². The summed E-state index contributed by atoms with van der Waals surface area (Å²) in [4.78, 5) is 15.4. The molecule has 20 heavy (non-hydrogen) atoms. The molecular formula is C15H26N2O2S. The molecule has 0 saturated carbocycles. The molecule has 5 heteroatoms. The summed E-state index contributed by atoms with van der Waals surface area (Å²) in [6, 6.07) is 4.34. The van der Waals surface area contributed by atoms with Crippen molar-refractivity contribution < 1.29 is 9.53 Å². The number of nitrogens with one attached hydrogen (secondary N) is 1. The molecule has 0 fully saturated rings. The van der Waals surface area contributed by atoms with Crippen LogP contribution in [-0.2, 0) is 9.53 Å². The van der Waals surface area contributed by atoms with Crippen LogP contribution in [0.1, 0.15) is 31.7 Å². The molecule has 1 heterocycles. The number of carbonyl (C=O) groups excluding carboxylic acids is 1. The summed E-state index contributed by atoms with van der Waals surface area (Å²) >= 11 is 1.71. The second-order valence-corrected chi connectivity index (χ2v) is 6.59. The minimum atomic E-state index is -0.399. The molecule has 1 amide bonds. The Labute approximate surface area is 126 Å². The van der Waals surface area contributed by atoms with Gasteiger partial charge >= 0.3 is 0 Å². The van der Waals surface area contributed by atoms with E-state index in [9.17, 15) is 4.79 Å². The number of carbonyl (C=O) groups is 1. The van der Waals surface area contributed by atoms with E-state index in [2.05, 4.69) is 35.5 Å². The van der Waals surface area contributed by atoms with Gasteiger partial charge in [0.15, 0.2) is 0 Å². The average Bonchev–Trinajstić information content (AvgIpc) is 2.89. The fourth-order valence-corrected chi connectivity index (χ4v) is 2.69. The molecule has 1 aromatic heterocycles. The number of rotatable bonds is 8. The monoisotopic (exact) mass is 298 g/mol. The summed E-state index contributed by atoms with van der Waals surface area (Å²) in [7, 11) is 4.05. The van der Waals surface area contributed by atoms with E-state index in [4.69, 9.17) is 4.74 Å². The highest BCUT2D eigenvalue weighted by atomic mass is 32.1. The van der Waals surface area contributed by atoms with E-state index < -0.39 is 6.10 Å². The second-order valence-electron chi connectivity index (χ2n) is 5.61. The molecule has 0 bridgehead atoms. The topological polar surface area (TPSA) is 41.6 Å². The maximum atomic E-state index is 12.0. The molecule has 1 rings (SSSR count). The van der Waals surface area contributed by atoms with Crippen molar-refractivity contribution in [2.45, 2.75) is 32.9 Å². The average molecular weight is 298 g/mol. The molecule has 4 nitrogen and oxygen atoms in total. The van der Waals surface area contributed by atoms with Gasteiger partial charge in [-0.3, -0.25) is 4.79 Å². The summed E-state index contributed by atoms with van der Waals surface area (Å²) in [5, 5.41) is 5.03. The van der Waals surface area contributed by atoms with E-state index in [0.717, 1.165) is 0 Å². The first-order valence-electron chi connectivity index (χ1n) is 7.01. The van der Waals surface area contributed by atoms with Gasteiger partial charge in [-0.25, -0.2) is 0 Å². The summed E-state index contributed by atoms with van der Waals surface area (Å²) < 4.78 is 5.53. The van der Waals surface area contributed by atoms with Crippen molar-refractivity contribution in [3.05, 3.63) is 22.4 Å². The Hall–Kier alpha value is -0.910. The van der Waals surface area contributed by atoms with Crippen LogP contribution in [0.25, 0.3) is 0 Å². The fraction of sp³-hybridized carbons (Fsp3) is 0.667. The fourth-order valence-electron chi connectivity index (χ4n) is 1.77. The number of nitrogens with zero attached hydrogens (tertiary/aromatic N) is 1. The van der Waals surface area contributed by atoms with Crippen molar-refractivity contribution in [1.29, 1.82) is 0 Å². The number of hydrogen-bond acceptors (Lipinski definition) is 4. The van der Waals surface area contributed by atoms with Crippen molar-refractivity contribution in [3.63, 3.8) is 0 Å². The second kappa shape index (κ2) is 8.39. The zero-order valence-electron chi connectivity index (χ0n) is 13.1. The lowest BCUT2D eigenvalue weighted by Gasteiger charge is -2.24. The summed E-state index contributed by atoms with van der Waals surface area (Å²) in [5.41, 5.74) is 0. The summed E-state index contributed by atoms with van der Waals surface area (Å²) in [6.07, 6.45) is -0.399. The van der Waals surface area contributed by atoms with Gasteiger partial charge in [-0.2, -0.15) is 0 Å². The van der Waals surface area contributed by atoms with Gasteiger partial charge in [0, 0.05) is 18.0 Å². The normalized spacial score (nSPS) is 14.6. The molecule has 0 aromatic carbocycles. The molecule has 0 aliphatic carbocycles. The van der Waals surface area contributed by atoms with Crippen LogP contribution in [0.3, 0.4) is 0 Å². The van der Waals surface area contributed by atoms with Crippen LogP contribution in [0, 0.1) is 5.92 Å². The minimum Gasteiger partial charge on any atom is -0.368 e. The van der Waals surface area contributed by atoms with Crippen LogP contribution in [0.4, 0.5) is 0 Å². The van der Waals surface area contributed by atoms with Crippen LogP contribution in [0.5, 0.6) is 0 Å². The van der Waals surface area contributed by atoms with Crippen molar-refractivity contribution in [3.8, 4) is 0 Å². The maximum Gasteiger partial charge on any atom is 0.248 e. The van der Waals surface area contributed by atoms with Crippen LogP contribution >= 0.6 is 11.3 Å². The van der Waals surface area contributed by atoms with Gasteiger partial charge in [0.2, 0.25) is 5.91 Å². The predicted molar refractivity (Wildman–Crippen MR) is 84.0 cm³/mol. The molecule has 0 aliphatic heterocycles. The third-order valence-electron chi connectivity index (χ3n) is 3.01. The van der Waals surface area contributed by atoms with Gasteiger partial charge in [-0.05, 0) is 38.4 Å². The molecule has 0 saturated heterocycles. The van der Waals surface area contributed by atoms with Gasteiger partial charge < -0.3 is 15.0 Å². The van der Waals surface area contributed by atoms with Crippen molar-refractivity contribution >= 4 is 17.2 Å². The van der Waals surface area contributed by atoms with E-state index in [1.165, 1.54) is 4.88 Å². The van der Waals surface area contributed by atoms with Crippen LogP contribution in [0.2, 0.25) is 0 Å². The lowest BCUT2D eigenvalue weighted by Crippen LogP contribution is -2.40. The first-order valence-corrected chi connectivity index (χ1v) is 7.89. The third kappa shape index (κ3) is 5.61. The van der Waals surface area contributed by atoms with Gasteiger partial charge in [0.1, 0.15) is 6.10 Å². The smallest absolute Gasteiger partial charge is 0.248 e. The quantitative estimate of drug-likeness (QED) is 0.802. The van der Waals surface area contributed by atoms with Gasteiger partial charge in [0.25, 0.3) is 0 Å². The Morgan fingerprint density at radius 1 is 1.40 bits per heavy atom. The molecule has 0 unspecified atom stereocenters. The van der Waals surface area contributed by atoms with E-state index in [1.807, 2.05) is 20.2 Å².